The smallest absolute Gasteiger partial charge is 0.308 e. The number of rotatable bonds is 7. The average Bonchev–Trinajstić information content (AvgIpc) is 2.78. The molecule has 0 aliphatic carbocycles. The van der Waals surface area contributed by atoms with Crippen LogP contribution in [0.3, 0.4) is 0 Å². The molecule has 0 aromatic heterocycles. The van der Waals surface area contributed by atoms with Crippen molar-refractivity contribution in [1.82, 2.24) is 5.32 Å². The normalized spacial score (nSPS) is 10.6. The first-order valence-electron chi connectivity index (χ1n) is 9.80. The lowest BCUT2D eigenvalue weighted by Crippen LogP contribution is -2.20. The quantitative estimate of drug-likeness (QED) is 0.331. The third-order valence-corrected chi connectivity index (χ3v) is 4.36. The molecule has 7 heteroatoms. The van der Waals surface area contributed by atoms with E-state index in [0.717, 1.165) is 5.56 Å². The number of carbonyl (C=O) groups is 3. The largest absolute Gasteiger partial charge is 0.427 e. The topological polar surface area (TPSA) is 84.5 Å². The van der Waals surface area contributed by atoms with Crippen LogP contribution in [0.25, 0.3) is 6.08 Å². The van der Waals surface area contributed by atoms with Crippen LogP contribution in [0, 0.1) is 5.82 Å². The molecule has 0 spiro atoms. The van der Waals surface area contributed by atoms with E-state index >= 15 is 0 Å². The van der Waals surface area contributed by atoms with Gasteiger partial charge in [0.2, 0.25) is 5.91 Å². The standard InChI is InChI=1S/C25H21FN2O4/c1-17(29)32-22-7-4-6-20(15-22)25(31)28-21-12-9-18(10-13-21)16-27-24(30)14-11-19-5-2-3-8-23(19)26/h2-15H,16H2,1H3,(H,27,30)(H,28,31)/b14-11+. The first-order chi connectivity index (χ1) is 15.4. The van der Waals surface area contributed by atoms with Gasteiger partial charge >= 0.3 is 5.97 Å². The molecule has 32 heavy (non-hydrogen) atoms. The Morgan fingerprint density at radius 3 is 2.44 bits per heavy atom. The van der Waals surface area contributed by atoms with Crippen molar-refractivity contribution in [2.45, 2.75) is 13.5 Å². The van der Waals surface area contributed by atoms with E-state index in [0.29, 0.717) is 22.6 Å². The SMILES string of the molecule is CC(=O)Oc1cccc(C(=O)Nc2ccc(CNC(=O)/C=C/c3ccccc3F)cc2)c1. The Bertz CT molecular complexity index is 1160. The maximum absolute atomic E-state index is 13.6. The number of amides is 2. The Hall–Kier alpha value is -4.26. The van der Waals surface area contributed by atoms with Gasteiger partial charge in [0, 0.05) is 36.4 Å². The summed E-state index contributed by atoms with van der Waals surface area (Å²) in [4.78, 5) is 35.4. The Morgan fingerprint density at radius 2 is 1.72 bits per heavy atom. The van der Waals surface area contributed by atoms with Gasteiger partial charge in [-0.15, -0.1) is 0 Å². The van der Waals surface area contributed by atoms with Gasteiger partial charge in [-0.25, -0.2) is 4.39 Å². The highest BCUT2D eigenvalue weighted by Crippen LogP contribution is 2.16. The molecule has 0 unspecified atom stereocenters. The lowest BCUT2D eigenvalue weighted by molar-refractivity contribution is -0.131. The number of hydrogen-bond donors (Lipinski definition) is 2. The van der Waals surface area contributed by atoms with Crippen molar-refractivity contribution in [3.8, 4) is 5.75 Å². The molecule has 162 valence electrons. The van der Waals surface area contributed by atoms with E-state index in [-0.39, 0.29) is 18.4 Å². The Kier molecular flexibility index (Phi) is 7.48. The molecule has 3 rings (SSSR count). The van der Waals surface area contributed by atoms with Gasteiger partial charge in [-0.05, 0) is 48.0 Å². The number of hydrogen-bond acceptors (Lipinski definition) is 4. The van der Waals surface area contributed by atoms with E-state index in [1.165, 1.54) is 31.2 Å². The van der Waals surface area contributed by atoms with Crippen LogP contribution >= 0.6 is 0 Å². The van der Waals surface area contributed by atoms with Crippen molar-refractivity contribution in [3.63, 3.8) is 0 Å². The molecule has 0 radical (unpaired) electrons. The lowest BCUT2D eigenvalue weighted by Gasteiger charge is -2.08. The van der Waals surface area contributed by atoms with Crippen LogP contribution in [0.1, 0.15) is 28.4 Å². The van der Waals surface area contributed by atoms with E-state index in [1.54, 1.807) is 60.7 Å². The first-order valence-corrected chi connectivity index (χ1v) is 9.80. The van der Waals surface area contributed by atoms with Crippen molar-refractivity contribution >= 4 is 29.5 Å². The van der Waals surface area contributed by atoms with E-state index in [2.05, 4.69) is 10.6 Å². The average molecular weight is 432 g/mol. The molecule has 0 fully saturated rings. The van der Waals surface area contributed by atoms with Crippen LogP contribution in [0.5, 0.6) is 5.75 Å². The summed E-state index contributed by atoms with van der Waals surface area (Å²) in [7, 11) is 0. The zero-order chi connectivity index (χ0) is 22.9. The van der Waals surface area contributed by atoms with Gasteiger partial charge < -0.3 is 15.4 Å². The zero-order valence-corrected chi connectivity index (χ0v) is 17.3. The molecule has 6 nitrogen and oxygen atoms in total. The molecule has 2 N–H and O–H groups in total. The fraction of sp³-hybridized carbons (Fsp3) is 0.0800. The highest BCUT2D eigenvalue weighted by atomic mass is 19.1. The summed E-state index contributed by atoms with van der Waals surface area (Å²) in [5.41, 5.74) is 2.08. The van der Waals surface area contributed by atoms with E-state index in [1.807, 2.05) is 0 Å². The second-order valence-electron chi connectivity index (χ2n) is 6.85. The van der Waals surface area contributed by atoms with Crippen molar-refractivity contribution < 1.29 is 23.5 Å². The van der Waals surface area contributed by atoms with Crippen LogP contribution < -0.4 is 15.4 Å². The predicted octanol–water partition coefficient (Wildman–Crippen LogP) is 4.33. The van der Waals surface area contributed by atoms with Gasteiger partial charge in [0.25, 0.3) is 5.91 Å². The highest BCUT2D eigenvalue weighted by molar-refractivity contribution is 6.04. The van der Waals surface area contributed by atoms with Gasteiger partial charge in [-0.2, -0.15) is 0 Å². The molecular formula is C25H21FN2O4. The van der Waals surface area contributed by atoms with Gasteiger partial charge in [-0.3, -0.25) is 14.4 Å². The summed E-state index contributed by atoms with van der Waals surface area (Å²) < 4.78 is 18.6. The molecule has 0 aliphatic rings. The minimum absolute atomic E-state index is 0.277. The lowest BCUT2D eigenvalue weighted by atomic mass is 10.1. The van der Waals surface area contributed by atoms with Crippen LogP contribution in [0.15, 0.2) is 78.9 Å². The van der Waals surface area contributed by atoms with Crippen LogP contribution in [-0.2, 0) is 16.1 Å². The van der Waals surface area contributed by atoms with Crippen molar-refractivity contribution in [1.29, 1.82) is 0 Å². The van der Waals surface area contributed by atoms with Crippen LogP contribution in [0.2, 0.25) is 0 Å². The number of halogens is 1. The molecule has 0 saturated carbocycles. The summed E-state index contributed by atoms with van der Waals surface area (Å²) in [6, 6.07) is 19.5. The molecule has 3 aromatic carbocycles. The van der Waals surface area contributed by atoms with E-state index < -0.39 is 11.8 Å². The fourth-order valence-electron chi connectivity index (χ4n) is 2.80. The number of anilines is 1. The maximum Gasteiger partial charge on any atom is 0.308 e. The van der Waals surface area contributed by atoms with Crippen LogP contribution in [0.4, 0.5) is 10.1 Å². The molecule has 0 bridgehead atoms. The second-order valence-corrected chi connectivity index (χ2v) is 6.85. The molecule has 2 amide bonds. The Balaban J connectivity index is 1.52. The van der Waals surface area contributed by atoms with Gasteiger partial charge in [0.1, 0.15) is 11.6 Å². The Morgan fingerprint density at radius 1 is 0.969 bits per heavy atom. The number of esters is 1. The maximum atomic E-state index is 13.6. The number of benzene rings is 3. The summed E-state index contributed by atoms with van der Waals surface area (Å²) >= 11 is 0. The molecular weight excluding hydrogens is 411 g/mol. The molecule has 0 heterocycles. The highest BCUT2D eigenvalue weighted by Gasteiger charge is 2.08. The predicted molar refractivity (Wildman–Crippen MR) is 119 cm³/mol. The van der Waals surface area contributed by atoms with Gasteiger partial charge in [0.15, 0.2) is 0 Å². The summed E-state index contributed by atoms with van der Waals surface area (Å²) in [6.07, 6.45) is 2.69. The zero-order valence-electron chi connectivity index (χ0n) is 17.3. The van der Waals surface area contributed by atoms with Crippen molar-refractivity contribution in [3.05, 3.63) is 101 Å². The number of carbonyl (C=O) groups excluding carboxylic acids is 3. The first kappa shape index (κ1) is 22.4. The summed E-state index contributed by atoms with van der Waals surface area (Å²) in [5, 5.41) is 5.48. The minimum atomic E-state index is -0.465. The third kappa shape index (κ3) is 6.63. The number of ether oxygens (including phenoxy) is 1. The van der Waals surface area contributed by atoms with Gasteiger partial charge in [-0.1, -0.05) is 36.4 Å². The fourth-order valence-corrected chi connectivity index (χ4v) is 2.80. The van der Waals surface area contributed by atoms with Crippen molar-refractivity contribution in [2.75, 3.05) is 5.32 Å². The third-order valence-electron chi connectivity index (χ3n) is 4.36. The molecule has 0 saturated heterocycles. The summed E-state index contributed by atoms with van der Waals surface area (Å²) in [5.74, 6) is -1.27. The van der Waals surface area contributed by atoms with Gasteiger partial charge in [0.05, 0.1) is 0 Å². The van der Waals surface area contributed by atoms with E-state index in [9.17, 15) is 18.8 Å². The minimum Gasteiger partial charge on any atom is -0.427 e. The molecule has 0 atom stereocenters. The van der Waals surface area contributed by atoms with Crippen molar-refractivity contribution in [2.24, 2.45) is 0 Å². The monoisotopic (exact) mass is 432 g/mol. The second kappa shape index (κ2) is 10.7. The molecule has 0 aliphatic heterocycles. The Labute approximate surface area is 184 Å². The van der Waals surface area contributed by atoms with E-state index in [4.69, 9.17) is 4.74 Å². The summed E-state index contributed by atoms with van der Waals surface area (Å²) in [6.45, 7) is 1.56. The number of nitrogens with one attached hydrogen (secondary N) is 2. The van der Waals surface area contributed by atoms with Crippen LogP contribution in [-0.4, -0.2) is 17.8 Å². The molecule has 3 aromatic rings.